The van der Waals surface area contributed by atoms with Crippen LogP contribution in [0.2, 0.25) is 0 Å². The Labute approximate surface area is 93.6 Å². The first kappa shape index (κ1) is 11.7. The van der Waals surface area contributed by atoms with E-state index >= 15 is 0 Å². The quantitative estimate of drug-likeness (QED) is 0.795. The molecular formula is C10H15N3OS. The largest absolute Gasteiger partial charge is 0.365 e. The zero-order chi connectivity index (χ0) is 11.4. The molecule has 0 spiro atoms. The fourth-order valence-electron chi connectivity index (χ4n) is 0.966. The molecule has 4 nitrogen and oxygen atoms in total. The van der Waals surface area contributed by atoms with Crippen molar-refractivity contribution in [2.45, 2.75) is 6.92 Å². The number of nitrogens with one attached hydrogen (secondary N) is 1. The molecule has 15 heavy (non-hydrogen) atoms. The molecule has 0 aliphatic carbocycles. The van der Waals surface area contributed by atoms with Gasteiger partial charge >= 0.3 is 0 Å². The molecular weight excluding hydrogens is 210 g/mol. The Morgan fingerprint density at radius 2 is 2.20 bits per heavy atom. The smallest absolute Gasteiger partial charge is 0.246 e. The van der Waals surface area contributed by atoms with Gasteiger partial charge in [0, 0.05) is 27.2 Å². The molecule has 0 aliphatic rings. The Kier molecular flexibility index (Phi) is 3.85. The zero-order valence-corrected chi connectivity index (χ0v) is 10.2. The third kappa shape index (κ3) is 3.06. The number of amides is 1. The van der Waals surface area contributed by atoms with Crippen LogP contribution in [0, 0.1) is 6.92 Å². The van der Waals surface area contributed by atoms with Crippen LogP contribution >= 0.6 is 11.3 Å². The van der Waals surface area contributed by atoms with E-state index in [-0.39, 0.29) is 5.91 Å². The highest BCUT2D eigenvalue weighted by molar-refractivity contribution is 7.16. The second kappa shape index (κ2) is 4.93. The van der Waals surface area contributed by atoms with E-state index < -0.39 is 0 Å². The van der Waals surface area contributed by atoms with Crippen LogP contribution in [0.1, 0.15) is 10.6 Å². The van der Waals surface area contributed by atoms with E-state index in [1.54, 1.807) is 26.2 Å². The number of carbonyl (C=O) groups is 1. The number of nitrogens with zero attached hydrogens (tertiary/aromatic N) is 2. The van der Waals surface area contributed by atoms with Crippen LogP contribution in [0.5, 0.6) is 0 Å². The molecule has 0 saturated carbocycles. The molecule has 1 N–H and O–H groups in total. The molecule has 1 aromatic heterocycles. The van der Waals surface area contributed by atoms with Gasteiger partial charge in [0.1, 0.15) is 0 Å². The predicted molar refractivity (Wildman–Crippen MR) is 64.1 cm³/mol. The van der Waals surface area contributed by atoms with E-state index in [0.717, 1.165) is 15.7 Å². The molecule has 0 aromatic carbocycles. The van der Waals surface area contributed by atoms with E-state index in [0.29, 0.717) is 0 Å². The van der Waals surface area contributed by atoms with Gasteiger partial charge in [0.25, 0.3) is 0 Å². The number of thiazole rings is 1. The Morgan fingerprint density at radius 1 is 1.53 bits per heavy atom. The lowest BCUT2D eigenvalue weighted by atomic mass is 10.3. The van der Waals surface area contributed by atoms with Crippen molar-refractivity contribution < 1.29 is 4.79 Å². The van der Waals surface area contributed by atoms with E-state index in [9.17, 15) is 4.79 Å². The number of aryl methyl sites for hydroxylation is 1. The molecule has 1 heterocycles. The van der Waals surface area contributed by atoms with Crippen molar-refractivity contribution in [3.8, 4) is 0 Å². The summed E-state index contributed by atoms with van der Waals surface area (Å²) in [6.45, 7) is 1.93. The summed E-state index contributed by atoms with van der Waals surface area (Å²) in [6, 6.07) is 0. The molecule has 0 aliphatic heterocycles. The van der Waals surface area contributed by atoms with Crippen LogP contribution in [0.3, 0.4) is 0 Å². The summed E-state index contributed by atoms with van der Waals surface area (Å²) in [5, 5.41) is 3.84. The first-order valence-corrected chi connectivity index (χ1v) is 5.40. The highest BCUT2D eigenvalue weighted by Gasteiger charge is 2.04. The van der Waals surface area contributed by atoms with E-state index in [1.165, 1.54) is 16.2 Å². The molecule has 0 radical (unpaired) electrons. The minimum Gasteiger partial charge on any atom is -0.365 e. The van der Waals surface area contributed by atoms with E-state index in [1.807, 2.05) is 14.0 Å². The monoisotopic (exact) mass is 225 g/mol. The number of likely N-dealkylation sites (N-methyl/N-ethyl adjacent to an activating group) is 1. The molecule has 0 unspecified atom stereocenters. The average molecular weight is 225 g/mol. The van der Waals surface area contributed by atoms with Gasteiger partial charge in [-0.2, -0.15) is 0 Å². The number of aromatic nitrogens is 1. The number of rotatable bonds is 3. The maximum absolute atomic E-state index is 11.3. The van der Waals surface area contributed by atoms with E-state index in [4.69, 9.17) is 0 Å². The summed E-state index contributed by atoms with van der Waals surface area (Å²) >= 11 is 1.53. The van der Waals surface area contributed by atoms with Gasteiger partial charge in [-0.15, -0.1) is 0 Å². The molecule has 1 aromatic rings. The maximum atomic E-state index is 11.3. The van der Waals surface area contributed by atoms with Gasteiger partial charge in [0.15, 0.2) is 5.13 Å². The van der Waals surface area contributed by atoms with Crippen molar-refractivity contribution in [2.24, 2.45) is 0 Å². The fourth-order valence-corrected chi connectivity index (χ4v) is 1.79. The third-order valence-electron chi connectivity index (χ3n) is 1.86. The predicted octanol–water partition coefficient (Wildman–Crippen LogP) is 1.59. The summed E-state index contributed by atoms with van der Waals surface area (Å²) in [5.41, 5.74) is 0.937. The van der Waals surface area contributed by atoms with Gasteiger partial charge in [-0.3, -0.25) is 4.79 Å². The van der Waals surface area contributed by atoms with Gasteiger partial charge < -0.3 is 10.2 Å². The molecule has 1 rings (SSSR count). The third-order valence-corrected chi connectivity index (χ3v) is 3.00. The Morgan fingerprint density at radius 3 is 2.67 bits per heavy atom. The first-order chi connectivity index (χ1) is 7.04. The van der Waals surface area contributed by atoms with Gasteiger partial charge in [0.05, 0.1) is 10.6 Å². The highest BCUT2D eigenvalue weighted by Crippen LogP contribution is 2.23. The zero-order valence-electron chi connectivity index (χ0n) is 9.37. The Bertz CT molecular complexity index is 382. The van der Waals surface area contributed by atoms with Crippen LogP contribution in [0.25, 0.3) is 6.08 Å². The topological polar surface area (TPSA) is 45.2 Å². The number of hydrogen-bond acceptors (Lipinski definition) is 4. The van der Waals surface area contributed by atoms with Crippen molar-refractivity contribution in [3.05, 3.63) is 16.6 Å². The SMILES string of the molecule is CNc1nc(C)c(C=CC(=O)N(C)C)s1. The standard InChI is InChI=1S/C10H15N3OS/c1-7-8(15-10(11-2)12-7)5-6-9(14)13(3)4/h5-6H,1-4H3,(H,11,12). The second-order valence-electron chi connectivity index (χ2n) is 3.28. The molecule has 0 saturated heterocycles. The lowest BCUT2D eigenvalue weighted by Gasteiger charge is -2.04. The lowest BCUT2D eigenvalue weighted by molar-refractivity contribution is -0.123. The molecule has 0 fully saturated rings. The minimum atomic E-state index is -0.0196. The average Bonchev–Trinajstić information content (AvgIpc) is 2.55. The number of anilines is 1. The molecule has 82 valence electrons. The van der Waals surface area contributed by atoms with Crippen molar-refractivity contribution >= 4 is 28.5 Å². The number of carbonyl (C=O) groups excluding carboxylic acids is 1. The summed E-state index contributed by atoms with van der Waals surface area (Å²) < 4.78 is 0. The maximum Gasteiger partial charge on any atom is 0.246 e. The van der Waals surface area contributed by atoms with Gasteiger partial charge in [0.2, 0.25) is 5.91 Å². The molecule has 0 bridgehead atoms. The Hall–Kier alpha value is -1.36. The lowest BCUT2D eigenvalue weighted by Crippen LogP contribution is -2.18. The van der Waals surface area contributed by atoms with Crippen LogP contribution in [0.4, 0.5) is 5.13 Å². The van der Waals surface area contributed by atoms with Crippen molar-refractivity contribution in [1.82, 2.24) is 9.88 Å². The summed E-state index contributed by atoms with van der Waals surface area (Å²) in [5.74, 6) is -0.0196. The highest BCUT2D eigenvalue weighted by atomic mass is 32.1. The Balaban J connectivity index is 2.80. The van der Waals surface area contributed by atoms with Crippen LogP contribution in [-0.4, -0.2) is 36.9 Å². The summed E-state index contributed by atoms with van der Waals surface area (Å²) in [6.07, 6.45) is 3.36. The van der Waals surface area contributed by atoms with E-state index in [2.05, 4.69) is 10.3 Å². The van der Waals surface area contributed by atoms with Gasteiger partial charge in [-0.25, -0.2) is 4.98 Å². The van der Waals surface area contributed by atoms with Crippen LogP contribution in [-0.2, 0) is 4.79 Å². The summed E-state index contributed by atoms with van der Waals surface area (Å²) in [7, 11) is 5.28. The van der Waals surface area contributed by atoms with Crippen molar-refractivity contribution in [3.63, 3.8) is 0 Å². The van der Waals surface area contributed by atoms with Crippen molar-refractivity contribution in [1.29, 1.82) is 0 Å². The number of hydrogen-bond donors (Lipinski definition) is 1. The fraction of sp³-hybridized carbons (Fsp3) is 0.400. The normalized spacial score (nSPS) is 10.7. The molecule has 0 atom stereocenters. The molecule has 5 heteroatoms. The van der Waals surface area contributed by atoms with Gasteiger partial charge in [-0.1, -0.05) is 11.3 Å². The summed E-state index contributed by atoms with van der Waals surface area (Å²) in [4.78, 5) is 18.1. The van der Waals surface area contributed by atoms with Gasteiger partial charge in [-0.05, 0) is 13.0 Å². The van der Waals surface area contributed by atoms with Crippen molar-refractivity contribution in [2.75, 3.05) is 26.5 Å². The van der Waals surface area contributed by atoms with Crippen LogP contribution in [0.15, 0.2) is 6.08 Å². The van der Waals surface area contributed by atoms with Crippen LogP contribution < -0.4 is 5.32 Å². The first-order valence-electron chi connectivity index (χ1n) is 4.59. The minimum absolute atomic E-state index is 0.0196. The molecule has 1 amide bonds. The second-order valence-corrected chi connectivity index (χ2v) is 4.32.